The molecule has 1 fully saturated rings. The molecule has 0 saturated carbocycles. The van der Waals surface area contributed by atoms with Crippen LogP contribution in [0.15, 0.2) is 28.8 Å². The zero-order valence-electron chi connectivity index (χ0n) is 14.9. The van der Waals surface area contributed by atoms with Crippen molar-refractivity contribution < 1.29 is 18.8 Å². The third-order valence-corrected chi connectivity index (χ3v) is 3.69. The minimum atomic E-state index is -0.409. The van der Waals surface area contributed by atoms with Gasteiger partial charge in [0.05, 0.1) is 13.1 Å². The molecule has 1 aliphatic heterocycles. The Labute approximate surface area is 150 Å². The van der Waals surface area contributed by atoms with Crippen LogP contribution in [0.1, 0.15) is 32.5 Å². The first-order chi connectivity index (χ1) is 12.3. The van der Waals surface area contributed by atoms with Crippen LogP contribution >= 0.6 is 0 Å². The smallest absolute Gasteiger partial charge is 0.414 e. The van der Waals surface area contributed by atoms with Gasteiger partial charge >= 0.3 is 12.1 Å². The van der Waals surface area contributed by atoms with Crippen LogP contribution in [0, 0.1) is 0 Å². The Bertz CT molecular complexity index is 811. The summed E-state index contributed by atoms with van der Waals surface area (Å²) in [5.74, 6) is 0.915. The lowest BCUT2D eigenvalue weighted by Gasteiger charge is -2.14. The Morgan fingerprint density at radius 1 is 1.35 bits per heavy atom. The van der Waals surface area contributed by atoms with Crippen LogP contribution in [0.25, 0.3) is 0 Å². The highest BCUT2D eigenvalue weighted by atomic mass is 16.6. The molecule has 138 valence electrons. The summed E-state index contributed by atoms with van der Waals surface area (Å²) in [5, 5.41) is 9.23. The number of anilines is 2. The molecule has 9 heteroatoms. The maximum absolute atomic E-state index is 12.1. The van der Waals surface area contributed by atoms with Crippen LogP contribution in [0.5, 0.6) is 0 Å². The summed E-state index contributed by atoms with van der Waals surface area (Å²) in [5.41, 5.74) is 0.978. The highest BCUT2D eigenvalue weighted by molar-refractivity contribution is 5.93. The predicted octanol–water partition coefficient (Wildman–Crippen LogP) is 2.65. The van der Waals surface area contributed by atoms with Gasteiger partial charge in [-0.2, -0.15) is 4.98 Å². The quantitative estimate of drug-likeness (QED) is 0.868. The fourth-order valence-electron chi connectivity index (χ4n) is 2.34. The number of nitrogens with one attached hydrogen (secondary N) is 2. The topological polar surface area (TPSA) is 110 Å². The zero-order valence-corrected chi connectivity index (χ0v) is 14.9. The van der Waals surface area contributed by atoms with Crippen molar-refractivity contribution in [2.75, 3.05) is 23.4 Å². The van der Waals surface area contributed by atoms with Crippen LogP contribution in [0.4, 0.5) is 21.0 Å². The van der Waals surface area contributed by atoms with Crippen molar-refractivity contribution >= 4 is 23.5 Å². The summed E-state index contributed by atoms with van der Waals surface area (Å²) in [4.78, 5) is 29.5. The first-order valence-electron chi connectivity index (χ1n) is 8.25. The molecule has 0 aliphatic carbocycles. The van der Waals surface area contributed by atoms with Crippen LogP contribution in [0.3, 0.4) is 0 Å². The Morgan fingerprint density at radius 2 is 2.15 bits per heavy atom. The van der Waals surface area contributed by atoms with E-state index >= 15 is 0 Å². The van der Waals surface area contributed by atoms with Gasteiger partial charge in [0.1, 0.15) is 6.61 Å². The highest BCUT2D eigenvalue weighted by Crippen LogP contribution is 2.22. The van der Waals surface area contributed by atoms with Crippen molar-refractivity contribution in [3.8, 4) is 0 Å². The average Bonchev–Trinajstić information content (AvgIpc) is 3.21. The SMILES string of the molecule is CC(C)(C)c1nc(CNC(=O)Nc2cccc(N3CCOC3=O)c2)no1. The number of benzene rings is 1. The second-order valence-electron chi connectivity index (χ2n) is 6.89. The molecule has 1 aromatic heterocycles. The number of carbonyl (C=O) groups excluding carboxylic acids is 2. The Kier molecular flexibility index (Phi) is 4.79. The molecule has 1 aromatic carbocycles. The molecule has 1 aliphatic rings. The second-order valence-corrected chi connectivity index (χ2v) is 6.89. The summed E-state index contributed by atoms with van der Waals surface area (Å²) in [6, 6.07) is 6.57. The number of urea groups is 1. The van der Waals surface area contributed by atoms with Crippen molar-refractivity contribution in [3.63, 3.8) is 0 Å². The molecule has 2 heterocycles. The van der Waals surface area contributed by atoms with Gasteiger partial charge < -0.3 is 19.9 Å². The van der Waals surface area contributed by atoms with E-state index in [1.165, 1.54) is 4.90 Å². The first-order valence-corrected chi connectivity index (χ1v) is 8.25. The minimum Gasteiger partial charge on any atom is -0.447 e. The monoisotopic (exact) mass is 359 g/mol. The van der Waals surface area contributed by atoms with E-state index in [0.717, 1.165) is 0 Å². The molecule has 0 bridgehead atoms. The summed E-state index contributed by atoms with van der Waals surface area (Å²) in [7, 11) is 0. The van der Waals surface area contributed by atoms with E-state index in [9.17, 15) is 9.59 Å². The number of rotatable bonds is 4. The van der Waals surface area contributed by atoms with E-state index in [4.69, 9.17) is 9.26 Å². The van der Waals surface area contributed by atoms with Gasteiger partial charge in [-0.3, -0.25) is 4.90 Å². The standard InChI is InChI=1S/C17H21N5O4/c1-17(2,3)14-20-13(21-26-14)10-18-15(23)19-11-5-4-6-12(9-11)22-7-8-25-16(22)24/h4-6,9H,7-8,10H2,1-3H3,(H2,18,19,23). The molecule has 0 radical (unpaired) electrons. The number of ether oxygens (including phenoxy) is 1. The van der Waals surface area contributed by atoms with Gasteiger partial charge in [0.25, 0.3) is 0 Å². The minimum absolute atomic E-state index is 0.142. The third-order valence-electron chi connectivity index (χ3n) is 3.69. The van der Waals surface area contributed by atoms with Gasteiger partial charge in [-0.15, -0.1) is 0 Å². The normalized spacial score (nSPS) is 14.3. The lowest BCUT2D eigenvalue weighted by atomic mass is 9.97. The van der Waals surface area contributed by atoms with Crippen molar-refractivity contribution in [2.24, 2.45) is 0 Å². The molecular formula is C17H21N5O4. The van der Waals surface area contributed by atoms with Gasteiger partial charge in [0.15, 0.2) is 5.82 Å². The number of cyclic esters (lactones) is 1. The number of hydrogen-bond donors (Lipinski definition) is 2. The number of aromatic nitrogens is 2. The third kappa shape index (κ3) is 4.11. The maximum atomic E-state index is 12.1. The van der Waals surface area contributed by atoms with Crippen molar-refractivity contribution in [1.29, 1.82) is 0 Å². The summed E-state index contributed by atoms with van der Waals surface area (Å²) in [6.45, 7) is 6.89. The van der Waals surface area contributed by atoms with E-state index in [1.807, 2.05) is 20.8 Å². The molecule has 3 amide bonds. The Morgan fingerprint density at radius 3 is 2.81 bits per heavy atom. The molecule has 2 aromatic rings. The summed E-state index contributed by atoms with van der Waals surface area (Å²) >= 11 is 0. The van der Waals surface area contributed by atoms with Gasteiger partial charge in [-0.05, 0) is 18.2 Å². The fraction of sp³-hybridized carbons (Fsp3) is 0.412. The highest BCUT2D eigenvalue weighted by Gasteiger charge is 2.24. The predicted molar refractivity (Wildman–Crippen MR) is 94.0 cm³/mol. The zero-order chi connectivity index (χ0) is 18.7. The van der Waals surface area contributed by atoms with Crippen LogP contribution < -0.4 is 15.5 Å². The maximum Gasteiger partial charge on any atom is 0.414 e. The van der Waals surface area contributed by atoms with Gasteiger partial charge in [0.2, 0.25) is 5.89 Å². The van der Waals surface area contributed by atoms with Crippen LogP contribution in [-0.2, 0) is 16.7 Å². The van der Waals surface area contributed by atoms with Gasteiger partial charge in [-0.1, -0.05) is 32.0 Å². The lowest BCUT2D eigenvalue weighted by molar-refractivity contribution is 0.181. The van der Waals surface area contributed by atoms with E-state index in [-0.39, 0.29) is 12.0 Å². The summed E-state index contributed by atoms with van der Waals surface area (Å²) in [6.07, 6.45) is -0.390. The molecule has 0 unspecified atom stereocenters. The van der Waals surface area contributed by atoms with E-state index in [2.05, 4.69) is 20.8 Å². The van der Waals surface area contributed by atoms with E-state index < -0.39 is 12.1 Å². The largest absolute Gasteiger partial charge is 0.447 e. The van der Waals surface area contributed by atoms with E-state index in [1.54, 1.807) is 24.3 Å². The van der Waals surface area contributed by atoms with E-state index in [0.29, 0.717) is 36.2 Å². The molecule has 0 spiro atoms. The Balaban J connectivity index is 1.57. The first kappa shape index (κ1) is 17.7. The molecule has 9 nitrogen and oxygen atoms in total. The van der Waals surface area contributed by atoms with Crippen LogP contribution in [0.2, 0.25) is 0 Å². The number of amides is 3. The molecule has 2 N–H and O–H groups in total. The fourth-order valence-corrected chi connectivity index (χ4v) is 2.34. The number of carbonyl (C=O) groups is 2. The molecular weight excluding hydrogens is 338 g/mol. The van der Waals surface area contributed by atoms with Crippen molar-refractivity contribution in [2.45, 2.75) is 32.7 Å². The van der Waals surface area contributed by atoms with Gasteiger partial charge in [0, 0.05) is 16.8 Å². The Hall–Kier alpha value is -3.10. The molecule has 0 atom stereocenters. The second kappa shape index (κ2) is 7.03. The molecule has 1 saturated heterocycles. The van der Waals surface area contributed by atoms with Gasteiger partial charge in [-0.25, -0.2) is 9.59 Å². The lowest BCUT2D eigenvalue weighted by Crippen LogP contribution is -2.29. The summed E-state index contributed by atoms with van der Waals surface area (Å²) < 4.78 is 10.1. The van der Waals surface area contributed by atoms with Crippen molar-refractivity contribution in [1.82, 2.24) is 15.5 Å². The number of nitrogens with zero attached hydrogens (tertiary/aromatic N) is 3. The number of hydrogen-bond acceptors (Lipinski definition) is 6. The average molecular weight is 359 g/mol. The molecule has 3 rings (SSSR count). The van der Waals surface area contributed by atoms with Crippen molar-refractivity contribution in [3.05, 3.63) is 36.0 Å². The van der Waals surface area contributed by atoms with Crippen LogP contribution in [-0.4, -0.2) is 35.4 Å². The molecule has 26 heavy (non-hydrogen) atoms.